The number of thiophene rings is 2. The van der Waals surface area contributed by atoms with Crippen molar-refractivity contribution in [1.82, 2.24) is 25.5 Å². The highest BCUT2D eigenvalue weighted by Crippen LogP contribution is 2.26. The number of halogens is 1. The maximum Gasteiger partial charge on any atom is 0.244 e. The summed E-state index contributed by atoms with van der Waals surface area (Å²) >= 11 is 3.03. The van der Waals surface area contributed by atoms with Crippen LogP contribution in [0.25, 0.3) is 10.7 Å². The molecule has 1 N–H and O–H groups in total. The molecule has 3 heterocycles. The molecule has 4 rings (SSSR count). The van der Waals surface area contributed by atoms with E-state index < -0.39 is 0 Å². The number of amides is 1. The van der Waals surface area contributed by atoms with Crippen molar-refractivity contribution in [3.63, 3.8) is 0 Å². The fourth-order valence-corrected chi connectivity index (χ4v) is 4.03. The van der Waals surface area contributed by atoms with Crippen LogP contribution in [0.4, 0.5) is 4.39 Å². The fourth-order valence-electron chi connectivity index (χ4n) is 2.58. The van der Waals surface area contributed by atoms with Crippen molar-refractivity contribution in [1.29, 1.82) is 0 Å². The highest BCUT2D eigenvalue weighted by Gasteiger charge is 2.19. The van der Waals surface area contributed by atoms with E-state index in [2.05, 4.69) is 20.7 Å². The van der Waals surface area contributed by atoms with E-state index in [1.807, 2.05) is 35.0 Å². The highest BCUT2D eigenvalue weighted by atomic mass is 32.1. The molecule has 27 heavy (non-hydrogen) atoms. The molecule has 6 nitrogen and oxygen atoms in total. The zero-order valence-electron chi connectivity index (χ0n) is 13.9. The van der Waals surface area contributed by atoms with Gasteiger partial charge >= 0.3 is 0 Å². The van der Waals surface area contributed by atoms with Crippen molar-refractivity contribution in [3.8, 4) is 10.7 Å². The maximum atomic E-state index is 13.3. The van der Waals surface area contributed by atoms with E-state index in [0.717, 1.165) is 15.3 Å². The van der Waals surface area contributed by atoms with Crippen molar-refractivity contribution in [2.24, 2.45) is 0 Å². The Bertz CT molecular complexity index is 1010. The van der Waals surface area contributed by atoms with E-state index in [1.54, 1.807) is 12.1 Å². The Hall–Kier alpha value is -2.91. The minimum absolute atomic E-state index is 0.0541. The summed E-state index contributed by atoms with van der Waals surface area (Å²) in [6, 6.07) is 13.4. The maximum absolute atomic E-state index is 13.3. The summed E-state index contributed by atoms with van der Waals surface area (Å²) < 4.78 is 13.3. The SMILES string of the molecule is O=C(Cn1nnc(-c2cccs2)n1)NC(c1ccc(F)cc1)c1cccs1. The molecular weight excluding hydrogens is 385 g/mol. The second-order valence-corrected chi connectivity index (χ2v) is 7.62. The molecule has 136 valence electrons. The average Bonchev–Trinajstić information content (AvgIpc) is 3.42. The number of tetrazole rings is 1. The molecule has 0 saturated carbocycles. The Kier molecular flexibility index (Phi) is 5.03. The molecule has 1 amide bonds. The molecule has 0 aliphatic rings. The summed E-state index contributed by atoms with van der Waals surface area (Å²) in [6.45, 7) is -0.0541. The highest BCUT2D eigenvalue weighted by molar-refractivity contribution is 7.13. The van der Waals surface area contributed by atoms with Gasteiger partial charge in [-0.05, 0) is 45.8 Å². The lowest BCUT2D eigenvalue weighted by molar-refractivity contribution is -0.122. The van der Waals surface area contributed by atoms with Gasteiger partial charge in [0, 0.05) is 4.88 Å². The van der Waals surface area contributed by atoms with Crippen molar-refractivity contribution in [2.75, 3.05) is 0 Å². The lowest BCUT2D eigenvalue weighted by atomic mass is 10.1. The third-order valence-corrected chi connectivity index (χ3v) is 5.62. The van der Waals surface area contributed by atoms with E-state index >= 15 is 0 Å². The van der Waals surface area contributed by atoms with Crippen molar-refractivity contribution in [2.45, 2.75) is 12.6 Å². The lowest BCUT2D eigenvalue weighted by Gasteiger charge is -2.18. The van der Waals surface area contributed by atoms with E-state index in [9.17, 15) is 9.18 Å². The molecule has 0 saturated heterocycles. The normalized spacial score (nSPS) is 12.0. The Morgan fingerprint density at radius 1 is 1.11 bits per heavy atom. The second-order valence-electron chi connectivity index (χ2n) is 5.69. The number of hydrogen-bond acceptors (Lipinski definition) is 6. The molecule has 9 heteroatoms. The first-order chi connectivity index (χ1) is 13.2. The van der Waals surface area contributed by atoms with Crippen LogP contribution in [0.2, 0.25) is 0 Å². The first-order valence-corrected chi connectivity index (χ1v) is 9.85. The number of rotatable bonds is 6. The number of nitrogens with one attached hydrogen (secondary N) is 1. The second kappa shape index (κ2) is 7.77. The van der Waals surface area contributed by atoms with Gasteiger partial charge in [0.2, 0.25) is 11.7 Å². The minimum Gasteiger partial charge on any atom is -0.343 e. The molecule has 1 aromatic carbocycles. The van der Waals surface area contributed by atoms with Crippen LogP contribution in [-0.2, 0) is 11.3 Å². The molecule has 0 spiro atoms. The van der Waals surface area contributed by atoms with Crippen LogP contribution in [0.1, 0.15) is 16.5 Å². The molecule has 0 bridgehead atoms. The quantitative estimate of drug-likeness (QED) is 0.539. The molecule has 0 radical (unpaired) electrons. The van der Waals surface area contributed by atoms with E-state index in [4.69, 9.17) is 0 Å². The Labute approximate surface area is 162 Å². The zero-order chi connectivity index (χ0) is 18.6. The van der Waals surface area contributed by atoms with Crippen LogP contribution >= 0.6 is 22.7 Å². The standard InChI is InChI=1S/C18H14FN5OS2/c19-13-7-5-12(6-8-13)17(14-3-1-9-26-14)20-16(25)11-24-22-18(21-23-24)15-4-2-10-27-15/h1-10,17H,11H2,(H,20,25). The van der Waals surface area contributed by atoms with Crippen molar-refractivity contribution >= 4 is 28.6 Å². The summed E-state index contributed by atoms with van der Waals surface area (Å²) in [7, 11) is 0. The number of carbonyl (C=O) groups is 1. The fraction of sp³-hybridized carbons (Fsp3) is 0.111. The molecule has 0 aliphatic heterocycles. The van der Waals surface area contributed by atoms with E-state index in [-0.39, 0.29) is 24.3 Å². The predicted molar refractivity (Wildman–Crippen MR) is 102 cm³/mol. The molecule has 0 aliphatic carbocycles. The van der Waals surface area contributed by atoms with Gasteiger partial charge in [-0.25, -0.2) is 4.39 Å². The summed E-state index contributed by atoms with van der Waals surface area (Å²) in [6.07, 6.45) is 0. The molecule has 3 aromatic heterocycles. The van der Waals surface area contributed by atoms with Gasteiger partial charge in [0.25, 0.3) is 0 Å². The monoisotopic (exact) mass is 399 g/mol. The third kappa shape index (κ3) is 4.09. The van der Waals surface area contributed by atoms with Crippen molar-refractivity contribution in [3.05, 3.63) is 75.5 Å². The minimum atomic E-state index is -0.363. The Balaban J connectivity index is 1.49. The number of nitrogens with zero attached hydrogens (tertiary/aromatic N) is 4. The summed E-state index contributed by atoms with van der Waals surface area (Å²) in [5.41, 5.74) is 0.804. The van der Waals surface area contributed by atoms with Crippen LogP contribution in [0.5, 0.6) is 0 Å². The van der Waals surface area contributed by atoms with E-state index in [1.165, 1.54) is 39.6 Å². The molecule has 0 fully saturated rings. The number of hydrogen-bond donors (Lipinski definition) is 1. The molecule has 1 unspecified atom stereocenters. The number of aromatic nitrogens is 4. The number of carbonyl (C=O) groups excluding carboxylic acids is 1. The topological polar surface area (TPSA) is 72.7 Å². The van der Waals surface area contributed by atoms with E-state index in [0.29, 0.717) is 5.82 Å². The van der Waals surface area contributed by atoms with Gasteiger partial charge in [-0.1, -0.05) is 24.3 Å². The largest absolute Gasteiger partial charge is 0.343 e. The lowest BCUT2D eigenvalue weighted by Crippen LogP contribution is -2.32. The van der Waals surface area contributed by atoms with Gasteiger partial charge in [0.1, 0.15) is 12.4 Å². The third-order valence-electron chi connectivity index (χ3n) is 3.82. The van der Waals surface area contributed by atoms with Crippen LogP contribution in [-0.4, -0.2) is 26.1 Å². The Morgan fingerprint density at radius 2 is 1.89 bits per heavy atom. The van der Waals surface area contributed by atoms with Gasteiger partial charge in [0.05, 0.1) is 10.9 Å². The number of benzene rings is 1. The van der Waals surface area contributed by atoms with Gasteiger partial charge in [-0.3, -0.25) is 4.79 Å². The zero-order valence-corrected chi connectivity index (χ0v) is 15.6. The average molecular weight is 399 g/mol. The first kappa shape index (κ1) is 17.5. The van der Waals surface area contributed by atoms with Crippen LogP contribution in [0.3, 0.4) is 0 Å². The Morgan fingerprint density at radius 3 is 2.59 bits per heavy atom. The van der Waals surface area contributed by atoms with Gasteiger partial charge < -0.3 is 5.32 Å². The van der Waals surface area contributed by atoms with Crippen LogP contribution in [0, 0.1) is 5.82 Å². The summed E-state index contributed by atoms with van der Waals surface area (Å²) in [5, 5.41) is 19.0. The van der Waals surface area contributed by atoms with Crippen LogP contribution in [0.15, 0.2) is 59.3 Å². The first-order valence-electron chi connectivity index (χ1n) is 8.09. The van der Waals surface area contributed by atoms with Crippen molar-refractivity contribution < 1.29 is 9.18 Å². The summed E-state index contributed by atoms with van der Waals surface area (Å²) in [4.78, 5) is 15.7. The van der Waals surface area contributed by atoms with Gasteiger partial charge in [0.15, 0.2) is 0 Å². The molecule has 1 atom stereocenters. The summed E-state index contributed by atoms with van der Waals surface area (Å²) in [5.74, 6) is -0.0816. The molecular formula is C18H14FN5OS2. The van der Waals surface area contributed by atoms with Gasteiger partial charge in [-0.15, -0.1) is 32.9 Å². The molecule has 4 aromatic rings. The van der Waals surface area contributed by atoms with Crippen LogP contribution < -0.4 is 5.32 Å². The smallest absolute Gasteiger partial charge is 0.244 e. The predicted octanol–water partition coefficient (Wildman–Crippen LogP) is 3.51. The van der Waals surface area contributed by atoms with Gasteiger partial charge in [-0.2, -0.15) is 4.80 Å².